The number of benzene rings is 1. The van der Waals surface area contributed by atoms with Crippen LogP contribution in [0.2, 0.25) is 0 Å². The first-order valence-electron chi connectivity index (χ1n) is 4.51. The van der Waals surface area contributed by atoms with E-state index in [-0.39, 0.29) is 10.8 Å². The number of hydrogen-bond donors (Lipinski definition) is 0. The molecule has 1 aromatic rings. The summed E-state index contributed by atoms with van der Waals surface area (Å²) in [6.45, 7) is 2.03. The van der Waals surface area contributed by atoms with Crippen molar-refractivity contribution in [2.45, 2.75) is 18.2 Å². The topological polar surface area (TPSA) is 26.3 Å². The third-order valence-corrected chi connectivity index (χ3v) is 3.36. The number of carbonyl (C=O) groups is 1. The van der Waals surface area contributed by atoms with E-state index in [0.29, 0.717) is 6.42 Å². The van der Waals surface area contributed by atoms with Crippen LogP contribution >= 0.6 is 31.9 Å². The molecule has 0 bridgehead atoms. The molecule has 0 aromatic heterocycles. The lowest BCUT2D eigenvalue weighted by Crippen LogP contribution is -2.18. The quantitative estimate of drug-likeness (QED) is 0.626. The zero-order valence-electron chi connectivity index (χ0n) is 8.59. The van der Waals surface area contributed by atoms with Crippen LogP contribution in [0.15, 0.2) is 22.7 Å². The van der Waals surface area contributed by atoms with Gasteiger partial charge in [0, 0.05) is 4.47 Å². The Kier molecular flexibility index (Phi) is 4.80. The second-order valence-electron chi connectivity index (χ2n) is 3.27. The van der Waals surface area contributed by atoms with Gasteiger partial charge in [0.05, 0.1) is 7.11 Å². The highest BCUT2D eigenvalue weighted by Gasteiger charge is 2.16. The maximum atomic E-state index is 11.2. The molecule has 82 valence electrons. The van der Waals surface area contributed by atoms with E-state index in [2.05, 4.69) is 36.6 Å². The molecule has 4 heteroatoms. The first-order valence-corrected chi connectivity index (χ1v) is 6.22. The molecule has 15 heavy (non-hydrogen) atoms. The Morgan fingerprint density at radius 3 is 2.80 bits per heavy atom. The average Bonchev–Trinajstić information content (AvgIpc) is 2.22. The van der Waals surface area contributed by atoms with Crippen molar-refractivity contribution in [2.75, 3.05) is 7.11 Å². The van der Waals surface area contributed by atoms with Crippen LogP contribution in [0.5, 0.6) is 0 Å². The van der Waals surface area contributed by atoms with Gasteiger partial charge >= 0.3 is 5.97 Å². The van der Waals surface area contributed by atoms with E-state index in [1.807, 2.05) is 25.1 Å². The normalized spacial score (nSPS) is 12.3. The molecule has 0 radical (unpaired) electrons. The van der Waals surface area contributed by atoms with Crippen molar-refractivity contribution < 1.29 is 9.53 Å². The summed E-state index contributed by atoms with van der Waals surface area (Å²) in [7, 11) is 1.39. The van der Waals surface area contributed by atoms with E-state index in [1.54, 1.807) is 0 Å². The molecule has 0 saturated heterocycles. The number of ether oxygens (including phenoxy) is 1. The summed E-state index contributed by atoms with van der Waals surface area (Å²) < 4.78 is 5.68. The second kappa shape index (κ2) is 5.66. The third-order valence-electron chi connectivity index (χ3n) is 2.17. The summed E-state index contributed by atoms with van der Waals surface area (Å²) in [6.07, 6.45) is 0.637. The minimum atomic E-state index is -0.282. The Hall–Kier alpha value is -0.350. The van der Waals surface area contributed by atoms with Gasteiger partial charge in [-0.3, -0.25) is 4.79 Å². The lowest BCUT2D eigenvalue weighted by molar-refractivity contribution is -0.139. The number of carbonyl (C=O) groups excluding carboxylic acids is 1. The van der Waals surface area contributed by atoms with Crippen molar-refractivity contribution in [3.8, 4) is 0 Å². The maximum absolute atomic E-state index is 11.2. The lowest BCUT2D eigenvalue weighted by Gasteiger charge is -2.10. The van der Waals surface area contributed by atoms with Gasteiger partial charge in [-0.2, -0.15) is 0 Å². The Morgan fingerprint density at radius 2 is 2.20 bits per heavy atom. The van der Waals surface area contributed by atoms with Gasteiger partial charge in [0.15, 0.2) is 0 Å². The summed E-state index contributed by atoms with van der Waals surface area (Å²) in [5, 5.41) is 0. The SMILES string of the molecule is COC(=O)C(Br)Cc1cc(Br)ccc1C. The summed E-state index contributed by atoms with van der Waals surface area (Å²) in [5.41, 5.74) is 2.31. The molecule has 1 aromatic carbocycles. The van der Waals surface area contributed by atoms with Crippen LogP contribution in [0.1, 0.15) is 11.1 Å². The van der Waals surface area contributed by atoms with Gasteiger partial charge in [-0.1, -0.05) is 37.9 Å². The number of methoxy groups -OCH3 is 1. The first-order chi connectivity index (χ1) is 7.04. The Morgan fingerprint density at radius 1 is 1.53 bits per heavy atom. The highest BCUT2D eigenvalue weighted by Crippen LogP contribution is 2.20. The predicted octanol–water partition coefficient (Wildman–Crippen LogP) is 3.24. The summed E-state index contributed by atoms with van der Waals surface area (Å²) in [6, 6.07) is 6.03. The molecule has 0 spiro atoms. The molecular formula is C11H12Br2O2. The van der Waals surface area contributed by atoms with Crippen molar-refractivity contribution in [3.63, 3.8) is 0 Å². The smallest absolute Gasteiger partial charge is 0.319 e. The molecule has 0 heterocycles. The zero-order valence-corrected chi connectivity index (χ0v) is 11.8. The van der Waals surface area contributed by atoms with E-state index < -0.39 is 0 Å². The van der Waals surface area contributed by atoms with Crippen molar-refractivity contribution in [1.29, 1.82) is 0 Å². The van der Waals surface area contributed by atoms with Gasteiger partial charge in [-0.05, 0) is 36.6 Å². The van der Waals surface area contributed by atoms with Crippen LogP contribution in [0.3, 0.4) is 0 Å². The van der Waals surface area contributed by atoms with E-state index in [0.717, 1.165) is 10.0 Å². The maximum Gasteiger partial charge on any atom is 0.319 e. The monoisotopic (exact) mass is 334 g/mol. The molecule has 1 unspecified atom stereocenters. The fourth-order valence-corrected chi connectivity index (χ4v) is 2.21. The highest BCUT2D eigenvalue weighted by atomic mass is 79.9. The molecular weight excluding hydrogens is 324 g/mol. The predicted molar refractivity (Wildman–Crippen MR) is 67.3 cm³/mol. The van der Waals surface area contributed by atoms with E-state index in [4.69, 9.17) is 0 Å². The fourth-order valence-electron chi connectivity index (χ4n) is 1.26. The van der Waals surface area contributed by atoms with Crippen molar-refractivity contribution in [1.82, 2.24) is 0 Å². The van der Waals surface area contributed by atoms with E-state index in [9.17, 15) is 4.79 Å². The van der Waals surface area contributed by atoms with Gasteiger partial charge in [0.2, 0.25) is 0 Å². The minimum absolute atomic E-state index is 0.241. The molecule has 2 nitrogen and oxygen atoms in total. The Bertz CT molecular complexity index is 364. The van der Waals surface area contributed by atoms with Crippen molar-refractivity contribution in [2.24, 2.45) is 0 Å². The molecule has 0 aliphatic heterocycles. The molecule has 0 amide bonds. The lowest BCUT2D eigenvalue weighted by atomic mass is 10.0. The summed E-state index contributed by atoms with van der Waals surface area (Å²) in [5.74, 6) is -0.241. The number of hydrogen-bond acceptors (Lipinski definition) is 2. The highest BCUT2D eigenvalue weighted by molar-refractivity contribution is 9.10. The van der Waals surface area contributed by atoms with Crippen molar-refractivity contribution >= 4 is 37.8 Å². The number of aryl methyl sites for hydroxylation is 1. The van der Waals surface area contributed by atoms with Crippen LogP contribution < -0.4 is 0 Å². The third kappa shape index (κ3) is 3.61. The van der Waals surface area contributed by atoms with Gasteiger partial charge in [0.25, 0.3) is 0 Å². The van der Waals surface area contributed by atoms with E-state index >= 15 is 0 Å². The molecule has 1 rings (SSSR count). The first kappa shape index (κ1) is 12.7. The van der Waals surface area contributed by atoms with Crippen LogP contribution in [-0.2, 0) is 16.0 Å². The Balaban J connectivity index is 2.80. The number of alkyl halides is 1. The van der Waals surface area contributed by atoms with Gasteiger partial charge in [0.1, 0.15) is 4.83 Å². The van der Waals surface area contributed by atoms with Crippen LogP contribution in [-0.4, -0.2) is 17.9 Å². The molecule has 0 aliphatic rings. The molecule has 1 atom stereocenters. The Labute approximate surface area is 106 Å². The van der Waals surface area contributed by atoms with Gasteiger partial charge in [-0.15, -0.1) is 0 Å². The number of esters is 1. The second-order valence-corrected chi connectivity index (χ2v) is 5.29. The fraction of sp³-hybridized carbons (Fsp3) is 0.364. The number of rotatable bonds is 3. The van der Waals surface area contributed by atoms with E-state index in [1.165, 1.54) is 12.7 Å². The minimum Gasteiger partial charge on any atom is -0.468 e. The molecule has 0 fully saturated rings. The van der Waals surface area contributed by atoms with Gasteiger partial charge < -0.3 is 4.74 Å². The number of halogens is 2. The summed E-state index contributed by atoms with van der Waals surface area (Å²) in [4.78, 5) is 10.9. The standard InChI is InChI=1S/C11H12Br2O2/c1-7-3-4-9(12)5-8(7)6-10(13)11(14)15-2/h3-5,10H,6H2,1-2H3. The molecule has 0 N–H and O–H groups in total. The van der Waals surface area contributed by atoms with Crippen molar-refractivity contribution in [3.05, 3.63) is 33.8 Å². The average molecular weight is 336 g/mol. The zero-order chi connectivity index (χ0) is 11.4. The molecule has 0 saturated carbocycles. The van der Waals surface area contributed by atoms with Crippen LogP contribution in [0, 0.1) is 6.92 Å². The molecule has 0 aliphatic carbocycles. The van der Waals surface area contributed by atoms with Crippen LogP contribution in [0.25, 0.3) is 0 Å². The largest absolute Gasteiger partial charge is 0.468 e. The van der Waals surface area contributed by atoms with Gasteiger partial charge in [-0.25, -0.2) is 0 Å². The summed E-state index contributed by atoms with van der Waals surface area (Å²) >= 11 is 6.72. The van der Waals surface area contributed by atoms with Crippen LogP contribution in [0.4, 0.5) is 0 Å².